The number of hydrogen-bond acceptors (Lipinski definition) is 2. The quantitative estimate of drug-likeness (QED) is 0.693. The van der Waals surface area contributed by atoms with Crippen LogP contribution in [0.15, 0.2) is 0 Å². The first-order valence-electron chi connectivity index (χ1n) is 7.21. The van der Waals surface area contributed by atoms with Gasteiger partial charge in [-0.3, -0.25) is 4.79 Å². The molecule has 98 valence electrons. The molecule has 2 saturated carbocycles. The highest BCUT2D eigenvalue weighted by atomic mass is 16.5. The molecular formula is C14H25NO2. The number of amides is 1. The van der Waals surface area contributed by atoms with Gasteiger partial charge in [-0.2, -0.15) is 0 Å². The maximum atomic E-state index is 11.8. The van der Waals surface area contributed by atoms with E-state index in [1.807, 2.05) is 0 Å². The molecule has 0 unspecified atom stereocenters. The molecule has 0 atom stereocenters. The predicted octanol–water partition coefficient (Wildman–Crippen LogP) is 2.50. The summed E-state index contributed by atoms with van der Waals surface area (Å²) in [6, 6.07) is 0. The standard InChI is InChI=1S/C14H25NO2/c16-14(13-5-2-1-3-6-13)15-9-4-10-17-11-12-7-8-12/h12-13H,1-11H2,(H,15,16). The minimum Gasteiger partial charge on any atom is -0.381 e. The fraction of sp³-hybridized carbons (Fsp3) is 0.929. The van der Waals surface area contributed by atoms with Gasteiger partial charge in [0.05, 0.1) is 0 Å². The molecule has 0 bridgehead atoms. The Morgan fingerprint density at radius 1 is 1.12 bits per heavy atom. The molecule has 3 nitrogen and oxygen atoms in total. The van der Waals surface area contributed by atoms with Crippen molar-refractivity contribution >= 4 is 5.91 Å². The lowest BCUT2D eigenvalue weighted by Crippen LogP contribution is -2.33. The van der Waals surface area contributed by atoms with Gasteiger partial charge in [0.15, 0.2) is 0 Å². The largest absolute Gasteiger partial charge is 0.381 e. The van der Waals surface area contributed by atoms with Crippen molar-refractivity contribution in [1.82, 2.24) is 5.32 Å². The van der Waals surface area contributed by atoms with Crippen molar-refractivity contribution in [2.45, 2.75) is 51.4 Å². The van der Waals surface area contributed by atoms with Crippen LogP contribution in [0.2, 0.25) is 0 Å². The number of rotatable bonds is 7. The number of hydrogen-bond donors (Lipinski definition) is 1. The Balaban J connectivity index is 1.44. The van der Waals surface area contributed by atoms with Gasteiger partial charge in [-0.05, 0) is 38.0 Å². The van der Waals surface area contributed by atoms with E-state index in [0.29, 0.717) is 0 Å². The van der Waals surface area contributed by atoms with Gasteiger partial charge in [0.2, 0.25) is 5.91 Å². The predicted molar refractivity (Wildman–Crippen MR) is 67.7 cm³/mol. The maximum Gasteiger partial charge on any atom is 0.223 e. The molecule has 1 amide bonds. The average molecular weight is 239 g/mol. The fourth-order valence-corrected chi connectivity index (χ4v) is 2.43. The summed E-state index contributed by atoms with van der Waals surface area (Å²) in [6.45, 7) is 2.50. The molecule has 0 aromatic carbocycles. The van der Waals surface area contributed by atoms with E-state index in [0.717, 1.165) is 44.9 Å². The van der Waals surface area contributed by atoms with E-state index in [2.05, 4.69) is 5.32 Å². The lowest BCUT2D eigenvalue weighted by Gasteiger charge is -2.20. The highest BCUT2D eigenvalue weighted by Gasteiger charge is 2.21. The first-order chi connectivity index (χ1) is 8.36. The van der Waals surface area contributed by atoms with Gasteiger partial charge in [-0.25, -0.2) is 0 Å². The summed E-state index contributed by atoms with van der Waals surface area (Å²) in [5, 5.41) is 3.04. The fourth-order valence-electron chi connectivity index (χ4n) is 2.43. The van der Waals surface area contributed by atoms with Crippen LogP contribution in [0.4, 0.5) is 0 Å². The Morgan fingerprint density at radius 3 is 2.59 bits per heavy atom. The molecule has 3 heteroatoms. The van der Waals surface area contributed by atoms with Crippen LogP contribution in [-0.2, 0) is 9.53 Å². The molecule has 17 heavy (non-hydrogen) atoms. The average Bonchev–Trinajstić information content (AvgIpc) is 3.18. The van der Waals surface area contributed by atoms with Gasteiger partial charge in [0.25, 0.3) is 0 Å². The second-order valence-corrected chi connectivity index (χ2v) is 5.50. The molecule has 1 N–H and O–H groups in total. The van der Waals surface area contributed by atoms with Crippen molar-refractivity contribution in [3.8, 4) is 0 Å². The van der Waals surface area contributed by atoms with Crippen molar-refractivity contribution < 1.29 is 9.53 Å². The van der Waals surface area contributed by atoms with Gasteiger partial charge >= 0.3 is 0 Å². The van der Waals surface area contributed by atoms with Crippen LogP contribution in [0.3, 0.4) is 0 Å². The van der Waals surface area contributed by atoms with Crippen LogP contribution < -0.4 is 5.32 Å². The van der Waals surface area contributed by atoms with Gasteiger partial charge in [-0.15, -0.1) is 0 Å². The molecular weight excluding hydrogens is 214 g/mol. The zero-order valence-corrected chi connectivity index (χ0v) is 10.7. The molecule has 0 heterocycles. The van der Waals surface area contributed by atoms with E-state index in [1.54, 1.807) is 0 Å². The van der Waals surface area contributed by atoms with Crippen molar-refractivity contribution in [3.05, 3.63) is 0 Å². The summed E-state index contributed by atoms with van der Waals surface area (Å²) >= 11 is 0. The van der Waals surface area contributed by atoms with Crippen LogP contribution in [-0.4, -0.2) is 25.7 Å². The molecule has 0 saturated heterocycles. The molecule has 0 radical (unpaired) electrons. The normalized spacial score (nSPS) is 21.4. The Bertz CT molecular complexity index is 232. The molecule has 2 aliphatic carbocycles. The Hall–Kier alpha value is -0.570. The lowest BCUT2D eigenvalue weighted by atomic mass is 9.89. The Kier molecular flexibility index (Phi) is 5.30. The van der Waals surface area contributed by atoms with Gasteiger partial charge in [-0.1, -0.05) is 19.3 Å². The zero-order chi connectivity index (χ0) is 11.9. The summed E-state index contributed by atoms with van der Waals surface area (Å²) in [6.07, 6.45) is 9.57. The van der Waals surface area contributed by atoms with Gasteiger partial charge in [0.1, 0.15) is 0 Å². The number of carbonyl (C=O) groups is 1. The number of carbonyl (C=O) groups excluding carboxylic acids is 1. The summed E-state index contributed by atoms with van der Waals surface area (Å²) in [4.78, 5) is 11.8. The molecule has 2 rings (SSSR count). The molecule has 0 aliphatic heterocycles. The van der Waals surface area contributed by atoms with Crippen LogP contribution in [0.1, 0.15) is 51.4 Å². The maximum absolute atomic E-state index is 11.8. The van der Waals surface area contributed by atoms with E-state index >= 15 is 0 Å². The van der Waals surface area contributed by atoms with E-state index in [-0.39, 0.29) is 11.8 Å². The number of nitrogens with one attached hydrogen (secondary N) is 1. The molecule has 0 aromatic heterocycles. The highest BCUT2D eigenvalue weighted by Crippen LogP contribution is 2.28. The third kappa shape index (κ3) is 5.07. The highest BCUT2D eigenvalue weighted by molar-refractivity contribution is 5.78. The Labute approximate surface area is 104 Å². The van der Waals surface area contributed by atoms with E-state index in [1.165, 1.54) is 32.1 Å². The van der Waals surface area contributed by atoms with E-state index in [9.17, 15) is 4.79 Å². The topological polar surface area (TPSA) is 38.3 Å². The van der Waals surface area contributed by atoms with Crippen molar-refractivity contribution in [2.24, 2.45) is 11.8 Å². The number of ether oxygens (including phenoxy) is 1. The monoisotopic (exact) mass is 239 g/mol. The minimum atomic E-state index is 0.270. The zero-order valence-electron chi connectivity index (χ0n) is 10.7. The second kappa shape index (κ2) is 7.00. The van der Waals surface area contributed by atoms with Crippen LogP contribution >= 0.6 is 0 Å². The summed E-state index contributed by atoms with van der Waals surface area (Å²) < 4.78 is 5.53. The van der Waals surface area contributed by atoms with Gasteiger partial charge < -0.3 is 10.1 Å². The lowest BCUT2D eigenvalue weighted by molar-refractivity contribution is -0.125. The SMILES string of the molecule is O=C(NCCCOCC1CC1)C1CCCCC1. The first-order valence-corrected chi connectivity index (χ1v) is 7.21. The molecule has 0 spiro atoms. The molecule has 2 fully saturated rings. The van der Waals surface area contributed by atoms with E-state index < -0.39 is 0 Å². The summed E-state index contributed by atoms with van der Waals surface area (Å²) in [7, 11) is 0. The van der Waals surface area contributed by atoms with Crippen LogP contribution in [0.25, 0.3) is 0 Å². The molecule has 2 aliphatic rings. The van der Waals surface area contributed by atoms with Gasteiger partial charge in [0, 0.05) is 25.7 Å². The molecule has 0 aromatic rings. The van der Waals surface area contributed by atoms with Crippen molar-refractivity contribution in [1.29, 1.82) is 0 Å². The first kappa shape index (κ1) is 12.9. The van der Waals surface area contributed by atoms with Crippen molar-refractivity contribution in [3.63, 3.8) is 0 Å². The van der Waals surface area contributed by atoms with Crippen LogP contribution in [0.5, 0.6) is 0 Å². The van der Waals surface area contributed by atoms with Crippen molar-refractivity contribution in [2.75, 3.05) is 19.8 Å². The minimum absolute atomic E-state index is 0.270. The summed E-state index contributed by atoms with van der Waals surface area (Å²) in [5.74, 6) is 1.40. The summed E-state index contributed by atoms with van der Waals surface area (Å²) in [5.41, 5.74) is 0. The van der Waals surface area contributed by atoms with E-state index in [4.69, 9.17) is 4.74 Å². The smallest absolute Gasteiger partial charge is 0.223 e. The third-order valence-electron chi connectivity index (χ3n) is 3.79. The second-order valence-electron chi connectivity index (χ2n) is 5.50. The Morgan fingerprint density at radius 2 is 1.88 bits per heavy atom. The van der Waals surface area contributed by atoms with Crippen LogP contribution in [0, 0.1) is 11.8 Å². The third-order valence-corrected chi connectivity index (χ3v) is 3.79.